The normalized spacial score (nSPS) is 22.9. The number of halogens is 8. The summed E-state index contributed by atoms with van der Waals surface area (Å²) in [4.78, 5) is 10.4. The number of rotatable bonds is 0. The molecular formula is C4BF8KO3. The molecule has 0 atom stereocenters. The summed E-state index contributed by atoms with van der Waals surface area (Å²) in [5.74, 6) is -3.22. The minimum Gasteiger partial charge on any atom is -0.610 e. The Bertz CT molecular complexity index is 310. The van der Waals surface area contributed by atoms with Crippen LogP contribution in [0, 0.1) is 0 Å². The number of carbonyl (C=O) groups excluding carboxylic acids is 1. The average molecular weight is 298 g/mol. The molecule has 13 heteroatoms. The van der Waals surface area contributed by atoms with Crippen molar-refractivity contribution in [2.75, 3.05) is 0 Å². The van der Waals surface area contributed by atoms with Crippen LogP contribution < -0.4 is 51.4 Å². The standard InChI is InChI=1S/C4BF8O3.K/c6-3(7,8)2(4(9,10)11)1(14)15-5(12,13)16-2;/q-1;+1. The third kappa shape index (κ3) is 2.78. The zero-order valence-electron chi connectivity index (χ0n) is 7.83. The maximum absolute atomic E-state index is 12.1. The van der Waals surface area contributed by atoms with Gasteiger partial charge < -0.3 is 17.9 Å². The summed E-state index contributed by atoms with van der Waals surface area (Å²) in [6, 6.07) is 0. The fourth-order valence-electron chi connectivity index (χ4n) is 1.01. The van der Waals surface area contributed by atoms with Crippen LogP contribution in [-0.4, -0.2) is 31.0 Å². The van der Waals surface area contributed by atoms with Crippen LogP contribution in [0.3, 0.4) is 0 Å². The minimum absolute atomic E-state index is 0. The van der Waals surface area contributed by atoms with E-state index < -0.39 is 31.0 Å². The van der Waals surface area contributed by atoms with Crippen molar-refractivity contribution in [1.82, 2.24) is 0 Å². The van der Waals surface area contributed by atoms with E-state index in [0.29, 0.717) is 0 Å². The van der Waals surface area contributed by atoms with Crippen molar-refractivity contribution < 1.29 is 100 Å². The monoisotopic (exact) mass is 298 g/mol. The SMILES string of the molecule is O=C1O[B-](F)(F)OC1(C(F)(F)F)C(F)(F)F.[K+]. The van der Waals surface area contributed by atoms with E-state index in [1.165, 1.54) is 0 Å². The van der Waals surface area contributed by atoms with E-state index in [0.717, 1.165) is 0 Å². The molecule has 0 N–H and O–H groups in total. The molecule has 3 nitrogen and oxygen atoms in total. The van der Waals surface area contributed by atoms with Crippen LogP contribution in [0.25, 0.3) is 0 Å². The summed E-state index contributed by atoms with van der Waals surface area (Å²) < 4.78 is 102. The first-order valence-corrected chi connectivity index (χ1v) is 3.40. The predicted molar refractivity (Wildman–Crippen MR) is 30.0 cm³/mol. The van der Waals surface area contributed by atoms with Crippen molar-refractivity contribution in [3.8, 4) is 0 Å². The van der Waals surface area contributed by atoms with E-state index in [-0.39, 0.29) is 51.4 Å². The van der Waals surface area contributed by atoms with Crippen LogP contribution in [0.2, 0.25) is 0 Å². The zero-order valence-corrected chi connectivity index (χ0v) is 10.9. The van der Waals surface area contributed by atoms with Crippen LogP contribution in [0.5, 0.6) is 0 Å². The number of alkyl halides is 6. The number of carbonyl (C=O) groups is 1. The van der Waals surface area contributed by atoms with Crippen molar-refractivity contribution in [3.63, 3.8) is 0 Å². The Labute approximate surface area is 130 Å². The number of hydrogen-bond donors (Lipinski definition) is 0. The first-order chi connectivity index (χ1) is 6.83. The van der Waals surface area contributed by atoms with E-state index in [9.17, 15) is 39.8 Å². The van der Waals surface area contributed by atoms with Gasteiger partial charge in [0.15, 0.2) is 0 Å². The summed E-state index contributed by atoms with van der Waals surface area (Å²) in [5, 5.41) is 0. The largest absolute Gasteiger partial charge is 1.00 e. The van der Waals surface area contributed by atoms with Gasteiger partial charge in [-0.1, -0.05) is 0 Å². The van der Waals surface area contributed by atoms with E-state index >= 15 is 0 Å². The molecule has 1 rings (SSSR count). The van der Waals surface area contributed by atoms with Gasteiger partial charge in [-0.15, -0.1) is 0 Å². The topological polar surface area (TPSA) is 35.5 Å². The predicted octanol–water partition coefficient (Wildman–Crippen LogP) is -1.20. The van der Waals surface area contributed by atoms with Crippen LogP contribution in [-0.2, 0) is 14.1 Å². The fourth-order valence-corrected chi connectivity index (χ4v) is 1.01. The molecule has 94 valence electrons. The molecule has 1 fully saturated rings. The molecule has 1 saturated heterocycles. The molecule has 1 aliphatic heterocycles. The molecule has 0 spiro atoms. The van der Waals surface area contributed by atoms with Gasteiger partial charge in [-0.2, -0.15) is 26.3 Å². The second-order valence-electron chi connectivity index (χ2n) is 2.73. The van der Waals surface area contributed by atoms with Gasteiger partial charge in [-0.05, 0) is 0 Å². The maximum atomic E-state index is 12.1. The van der Waals surface area contributed by atoms with Crippen molar-refractivity contribution in [2.45, 2.75) is 18.0 Å². The van der Waals surface area contributed by atoms with E-state index in [4.69, 9.17) is 0 Å². The number of hydrogen-bond acceptors (Lipinski definition) is 3. The molecule has 1 heterocycles. The summed E-state index contributed by atoms with van der Waals surface area (Å²) in [7, 11) is -5.94. The van der Waals surface area contributed by atoms with Gasteiger partial charge in [0.2, 0.25) is 0 Å². The molecule has 0 aliphatic carbocycles. The molecule has 1 aliphatic rings. The van der Waals surface area contributed by atoms with Crippen LogP contribution in [0.1, 0.15) is 0 Å². The second kappa shape index (κ2) is 4.59. The maximum Gasteiger partial charge on any atom is 1.00 e. The Kier molecular flexibility index (Phi) is 4.75. The first-order valence-electron chi connectivity index (χ1n) is 3.40. The Balaban J connectivity index is 0.00000256. The molecule has 0 aromatic rings. The zero-order chi connectivity index (χ0) is 13.0. The van der Waals surface area contributed by atoms with Crippen molar-refractivity contribution in [2.24, 2.45) is 0 Å². The van der Waals surface area contributed by atoms with Gasteiger partial charge in [0, 0.05) is 0 Å². The first kappa shape index (κ1) is 17.6. The molecule has 0 saturated carbocycles. The minimum atomic E-state index is -6.40. The summed E-state index contributed by atoms with van der Waals surface area (Å²) in [6.07, 6.45) is -12.8. The van der Waals surface area contributed by atoms with Gasteiger partial charge in [0.25, 0.3) is 0 Å². The molecular weight excluding hydrogens is 298 g/mol. The summed E-state index contributed by atoms with van der Waals surface area (Å²) in [6.45, 7) is 0. The smallest absolute Gasteiger partial charge is 0.610 e. The fraction of sp³-hybridized carbons (Fsp3) is 0.750. The van der Waals surface area contributed by atoms with Gasteiger partial charge in [0.05, 0.1) is 0 Å². The van der Waals surface area contributed by atoms with Gasteiger partial charge in [0.1, 0.15) is 0 Å². The van der Waals surface area contributed by atoms with Crippen molar-refractivity contribution >= 4 is 13.1 Å². The Morgan fingerprint density at radius 1 is 1.00 bits per heavy atom. The molecule has 0 bridgehead atoms. The van der Waals surface area contributed by atoms with Gasteiger partial charge in [-0.3, -0.25) is 4.79 Å². The van der Waals surface area contributed by atoms with Gasteiger partial charge in [-0.25, -0.2) is 0 Å². The molecule has 0 radical (unpaired) electrons. The van der Waals surface area contributed by atoms with Crippen molar-refractivity contribution in [1.29, 1.82) is 0 Å². The molecule has 0 aromatic heterocycles. The Hall–Kier alpha value is 0.571. The third-order valence-electron chi connectivity index (χ3n) is 1.64. The molecule has 0 aromatic carbocycles. The van der Waals surface area contributed by atoms with Crippen LogP contribution in [0.15, 0.2) is 0 Å². The van der Waals surface area contributed by atoms with Crippen LogP contribution in [0.4, 0.5) is 35.0 Å². The third-order valence-corrected chi connectivity index (χ3v) is 1.64. The van der Waals surface area contributed by atoms with E-state index in [2.05, 4.69) is 9.31 Å². The molecule has 17 heavy (non-hydrogen) atoms. The quantitative estimate of drug-likeness (QED) is 0.416. The average Bonchev–Trinajstić information content (AvgIpc) is 2.17. The summed E-state index contributed by atoms with van der Waals surface area (Å²) in [5.41, 5.74) is -5.62. The van der Waals surface area contributed by atoms with E-state index in [1.807, 2.05) is 0 Å². The Morgan fingerprint density at radius 2 is 1.35 bits per heavy atom. The Morgan fingerprint density at radius 3 is 1.47 bits per heavy atom. The second-order valence-corrected chi connectivity index (χ2v) is 2.73. The molecule has 0 amide bonds. The van der Waals surface area contributed by atoms with E-state index in [1.54, 1.807) is 0 Å². The van der Waals surface area contributed by atoms with Gasteiger partial charge >= 0.3 is 82.4 Å². The van der Waals surface area contributed by atoms with Crippen molar-refractivity contribution in [3.05, 3.63) is 0 Å². The van der Waals surface area contributed by atoms with Crippen LogP contribution >= 0.6 is 0 Å². The summed E-state index contributed by atoms with van der Waals surface area (Å²) >= 11 is 0. The molecule has 0 unspecified atom stereocenters.